The number of aryl methyl sites for hydroxylation is 2. The highest BCUT2D eigenvalue weighted by atomic mass is 16.6. The maximum atomic E-state index is 12.6. The van der Waals surface area contributed by atoms with Crippen molar-refractivity contribution < 1.29 is 18.8 Å². The highest BCUT2D eigenvalue weighted by Crippen LogP contribution is 2.34. The molecule has 6 heteroatoms. The third-order valence-electron chi connectivity index (χ3n) is 4.43. The van der Waals surface area contributed by atoms with Crippen LogP contribution in [-0.4, -0.2) is 24.3 Å². The van der Waals surface area contributed by atoms with E-state index in [2.05, 4.69) is 24.3 Å². The van der Waals surface area contributed by atoms with Crippen molar-refractivity contribution in [3.8, 4) is 11.5 Å². The maximum Gasteiger partial charge on any atom is 0.225 e. The number of amides is 1. The Morgan fingerprint density at radius 3 is 2.56 bits per heavy atom. The number of fused-ring (bicyclic) bond motifs is 1. The summed E-state index contributed by atoms with van der Waals surface area (Å²) in [5.74, 6) is 2.35. The van der Waals surface area contributed by atoms with Gasteiger partial charge >= 0.3 is 0 Å². The lowest BCUT2D eigenvalue weighted by Crippen LogP contribution is -2.33. The maximum absolute atomic E-state index is 12.6. The van der Waals surface area contributed by atoms with Crippen molar-refractivity contribution in [3.63, 3.8) is 0 Å². The molecule has 0 bridgehead atoms. The van der Waals surface area contributed by atoms with Crippen molar-refractivity contribution in [1.29, 1.82) is 0 Å². The highest BCUT2D eigenvalue weighted by Gasteiger charge is 2.22. The molecule has 0 fully saturated rings. The second-order valence-electron chi connectivity index (χ2n) is 6.67. The summed E-state index contributed by atoms with van der Waals surface area (Å²) in [4.78, 5) is 12.6. The first-order chi connectivity index (χ1) is 12.0. The summed E-state index contributed by atoms with van der Waals surface area (Å²) in [6, 6.07) is 5.73. The molecule has 1 aliphatic heterocycles. The number of hydrogen-bond donors (Lipinski definition) is 1. The molecule has 0 unspecified atom stereocenters. The predicted molar refractivity (Wildman–Crippen MR) is 92.8 cm³/mol. The molecule has 0 radical (unpaired) electrons. The topological polar surface area (TPSA) is 73.6 Å². The number of rotatable bonds is 5. The molecule has 1 aromatic heterocycles. The van der Waals surface area contributed by atoms with Crippen LogP contribution in [0, 0.1) is 19.8 Å². The Bertz CT molecular complexity index is 747. The molecular formula is C19H24N2O4. The van der Waals surface area contributed by atoms with E-state index in [-0.39, 0.29) is 24.3 Å². The fraction of sp³-hybridized carbons (Fsp3) is 0.474. The van der Waals surface area contributed by atoms with E-state index >= 15 is 0 Å². The van der Waals surface area contributed by atoms with E-state index in [1.54, 1.807) is 0 Å². The second-order valence-corrected chi connectivity index (χ2v) is 6.67. The van der Waals surface area contributed by atoms with Crippen LogP contribution in [0.4, 0.5) is 0 Å². The first kappa shape index (κ1) is 17.3. The largest absolute Gasteiger partial charge is 0.486 e. The summed E-state index contributed by atoms with van der Waals surface area (Å²) in [6.45, 7) is 8.94. The number of ether oxygens (including phenoxy) is 2. The summed E-state index contributed by atoms with van der Waals surface area (Å²) >= 11 is 0. The molecule has 25 heavy (non-hydrogen) atoms. The number of nitrogens with one attached hydrogen (secondary N) is 1. The predicted octanol–water partition coefficient (Wildman–Crippen LogP) is 3.12. The summed E-state index contributed by atoms with van der Waals surface area (Å²) in [6.07, 6.45) is 0.259. The number of aromatic nitrogens is 1. The Morgan fingerprint density at radius 2 is 1.92 bits per heavy atom. The van der Waals surface area contributed by atoms with E-state index in [1.165, 1.54) is 0 Å². The van der Waals surface area contributed by atoms with Crippen molar-refractivity contribution in [2.24, 2.45) is 5.92 Å². The molecule has 134 valence electrons. The molecule has 1 atom stereocenters. The quantitative estimate of drug-likeness (QED) is 0.902. The van der Waals surface area contributed by atoms with Gasteiger partial charge in [-0.2, -0.15) is 0 Å². The van der Waals surface area contributed by atoms with Crippen LogP contribution in [-0.2, 0) is 11.2 Å². The minimum absolute atomic E-state index is 0.0528. The number of benzene rings is 1. The lowest BCUT2D eigenvalue weighted by molar-refractivity contribution is -0.121. The number of nitrogens with zero attached hydrogens (tertiary/aromatic N) is 1. The molecule has 1 aliphatic rings. The summed E-state index contributed by atoms with van der Waals surface area (Å²) < 4.78 is 16.4. The molecule has 6 nitrogen and oxygen atoms in total. The van der Waals surface area contributed by atoms with Gasteiger partial charge in [0.05, 0.1) is 18.2 Å². The van der Waals surface area contributed by atoms with Gasteiger partial charge in [0.2, 0.25) is 5.91 Å². The van der Waals surface area contributed by atoms with Crippen molar-refractivity contribution in [3.05, 3.63) is 40.8 Å². The Morgan fingerprint density at radius 1 is 1.20 bits per heavy atom. The van der Waals surface area contributed by atoms with E-state index in [0.29, 0.717) is 19.0 Å². The zero-order chi connectivity index (χ0) is 18.0. The average Bonchev–Trinajstić information content (AvgIpc) is 2.91. The van der Waals surface area contributed by atoms with Gasteiger partial charge < -0.3 is 19.3 Å². The zero-order valence-electron chi connectivity index (χ0n) is 15.1. The van der Waals surface area contributed by atoms with Gasteiger partial charge in [0.25, 0.3) is 0 Å². The third kappa shape index (κ3) is 3.78. The van der Waals surface area contributed by atoms with Crippen LogP contribution in [0.1, 0.15) is 42.5 Å². The minimum atomic E-state index is -0.108. The molecule has 2 aromatic rings. The first-order valence-corrected chi connectivity index (χ1v) is 8.56. The van der Waals surface area contributed by atoms with Gasteiger partial charge in [0.15, 0.2) is 11.5 Å². The van der Waals surface area contributed by atoms with E-state index in [0.717, 1.165) is 28.3 Å². The Labute approximate surface area is 147 Å². The summed E-state index contributed by atoms with van der Waals surface area (Å²) in [7, 11) is 0. The molecule has 3 rings (SSSR count). The van der Waals surface area contributed by atoms with Crippen molar-refractivity contribution in [1.82, 2.24) is 10.5 Å². The van der Waals surface area contributed by atoms with Crippen LogP contribution in [0.3, 0.4) is 0 Å². The lowest BCUT2D eigenvalue weighted by atomic mass is 9.95. The van der Waals surface area contributed by atoms with Gasteiger partial charge in [-0.05, 0) is 37.5 Å². The van der Waals surface area contributed by atoms with Gasteiger partial charge in [-0.25, -0.2) is 0 Å². The average molecular weight is 344 g/mol. The van der Waals surface area contributed by atoms with E-state index in [4.69, 9.17) is 14.0 Å². The minimum Gasteiger partial charge on any atom is -0.486 e. The first-order valence-electron chi connectivity index (χ1n) is 8.56. The zero-order valence-corrected chi connectivity index (χ0v) is 15.1. The standard InChI is InChI=1S/C19H24N2O4/c1-11(2)19(14-5-6-16-17(9-14)24-8-7-23-16)20-18(22)10-15-12(3)21-25-13(15)4/h5-6,9,11,19H,7-8,10H2,1-4H3,(H,20,22)/t19-/m0/s1. The summed E-state index contributed by atoms with van der Waals surface area (Å²) in [5, 5.41) is 7.03. The molecule has 1 amide bonds. The van der Waals surface area contributed by atoms with Gasteiger partial charge in [-0.3, -0.25) is 4.79 Å². The molecular weight excluding hydrogens is 320 g/mol. The van der Waals surface area contributed by atoms with E-state index in [1.807, 2.05) is 32.0 Å². The monoisotopic (exact) mass is 344 g/mol. The number of carbonyl (C=O) groups is 1. The molecule has 0 aliphatic carbocycles. The molecule has 0 saturated heterocycles. The lowest BCUT2D eigenvalue weighted by Gasteiger charge is -2.25. The molecule has 2 heterocycles. The Kier molecular flexibility index (Phi) is 4.97. The summed E-state index contributed by atoms with van der Waals surface area (Å²) in [5.41, 5.74) is 2.61. The third-order valence-corrected chi connectivity index (χ3v) is 4.43. The number of carbonyl (C=O) groups excluding carboxylic acids is 1. The molecule has 0 saturated carbocycles. The van der Waals surface area contributed by atoms with Crippen LogP contribution in [0.2, 0.25) is 0 Å². The van der Waals surface area contributed by atoms with Gasteiger partial charge in [-0.1, -0.05) is 25.1 Å². The SMILES string of the molecule is Cc1noc(C)c1CC(=O)N[C@H](c1ccc2c(c1)OCCO2)C(C)C. The van der Waals surface area contributed by atoms with E-state index < -0.39 is 0 Å². The fourth-order valence-corrected chi connectivity index (χ4v) is 3.03. The fourth-order valence-electron chi connectivity index (χ4n) is 3.03. The van der Waals surface area contributed by atoms with Crippen LogP contribution in [0.5, 0.6) is 11.5 Å². The van der Waals surface area contributed by atoms with Crippen molar-refractivity contribution in [2.45, 2.75) is 40.2 Å². The Hall–Kier alpha value is -2.50. The molecule has 1 N–H and O–H groups in total. The van der Waals surface area contributed by atoms with Crippen LogP contribution >= 0.6 is 0 Å². The molecule has 0 spiro atoms. The smallest absolute Gasteiger partial charge is 0.225 e. The van der Waals surface area contributed by atoms with Gasteiger partial charge in [0, 0.05) is 5.56 Å². The highest BCUT2D eigenvalue weighted by molar-refractivity contribution is 5.79. The second kappa shape index (κ2) is 7.17. The van der Waals surface area contributed by atoms with E-state index in [9.17, 15) is 4.79 Å². The van der Waals surface area contributed by atoms with Gasteiger partial charge in [-0.15, -0.1) is 0 Å². The van der Waals surface area contributed by atoms with Crippen molar-refractivity contribution in [2.75, 3.05) is 13.2 Å². The van der Waals surface area contributed by atoms with Crippen LogP contribution in [0.25, 0.3) is 0 Å². The van der Waals surface area contributed by atoms with Crippen LogP contribution in [0.15, 0.2) is 22.7 Å². The van der Waals surface area contributed by atoms with Gasteiger partial charge in [0.1, 0.15) is 19.0 Å². The Balaban J connectivity index is 1.76. The molecule has 1 aromatic carbocycles. The number of hydrogen-bond acceptors (Lipinski definition) is 5. The van der Waals surface area contributed by atoms with Crippen LogP contribution < -0.4 is 14.8 Å². The normalized spacial score (nSPS) is 14.4. The van der Waals surface area contributed by atoms with Crippen molar-refractivity contribution >= 4 is 5.91 Å².